The molecule has 2 unspecified atom stereocenters. The Morgan fingerprint density at radius 2 is 1.71 bits per heavy atom. The highest BCUT2D eigenvalue weighted by Gasteiger charge is 2.51. The Morgan fingerprint density at radius 1 is 1.00 bits per heavy atom. The van der Waals surface area contributed by atoms with Crippen LogP contribution >= 0.6 is 11.8 Å². The minimum atomic E-state index is 0.230. The molecule has 4 heterocycles. The Morgan fingerprint density at radius 3 is 2.48 bits per heavy atom. The van der Waals surface area contributed by atoms with Gasteiger partial charge in [-0.3, -0.25) is 0 Å². The highest BCUT2D eigenvalue weighted by Crippen LogP contribution is 2.56. The Labute approximate surface area is 185 Å². The van der Waals surface area contributed by atoms with E-state index in [1.807, 2.05) is 18.1 Å². The molecule has 0 N–H and O–H groups in total. The number of rotatable bonds is 1. The summed E-state index contributed by atoms with van der Waals surface area (Å²) in [6.45, 7) is 6.95. The SMILES string of the molecule is Cc1c2c3c(c4ccccc14)c1ccccc1n3C1=C(C(C)C)SC3N=C[N+](C)=C2C13. The molecule has 2 atom stereocenters. The molecule has 1 aromatic heterocycles. The standard InChI is InChI=1S/C27H24N3S/c1-14(2)26-25-22-23(29(4)13-28-27(22)31-26)20-15(3)16-9-5-6-10-17(16)21-18-11-7-8-12-19(18)30(25)24(20)21/h5-14,22,27H,1-4H3/q+1. The van der Waals surface area contributed by atoms with Gasteiger partial charge in [0.25, 0.3) is 6.34 Å². The number of hydrogen-bond donors (Lipinski definition) is 0. The molecule has 4 heteroatoms. The molecule has 0 bridgehead atoms. The first-order valence-corrected chi connectivity index (χ1v) is 11.9. The number of fused-ring (bicyclic) bond motifs is 7. The number of thioether (sulfide) groups is 1. The molecule has 0 fully saturated rings. The normalized spacial score (nSPS) is 22.0. The van der Waals surface area contributed by atoms with Crippen molar-refractivity contribution in [3.8, 4) is 0 Å². The first-order chi connectivity index (χ1) is 15.1. The minimum Gasteiger partial charge on any atom is -0.310 e. The number of aromatic nitrogens is 1. The number of allylic oxidation sites excluding steroid dienone is 1. The van der Waals surface area contributed by atoms with Crippen LogP contribution in [-0.2, 0) is 0 Å². The maximum absolute atomic E-state index is 4.97. The van der Waals surface area contributed by atoms with Gasteiger partial charge in [0.15, 0.2) is 0 Å². The Balaban J connectivity index is 1.84. The largest absolute Gasteiger partial charge is 0.310 e. The van der Waals surface area contributed by atoms with Crippen molar-refractivity contribution in [2.24, 2.45) is 16.8 Å². The Bertz CT molecular complexity index is 1560. The number of aliphatic imine (C=N–C) groups is 1. The van der Waals surface area contributed by atoms with Gasteiger partial charge in [-0.1, -0.05) is 73.1 Å². The van der Waals surface area contributed by atoms with Gasteiger partial charge >= 0.3 is 0 Å². The predicted octanol–water partition coefficient (Wildman–Crippen LogP) is 6.26. The fourth-order valence-corrected chi connectivity index (χ4v) is 7.42. The summed E-state index contributed by atoms with van der Waals surface area (Å²) in [5.41, 5.74) is 8.35. The average Bonchev–Trinajstić information content (AvgIpc) is 3.32. The first kappa shape index (κ1) is 17.8. The van der Waals surface area contributed by atoms with Gasteiger partial charge in [0.1, 0.15) is 11.6 Å². The topological polar surface area (TPSA) is 20.3 Å². The molecule has 3 aliphatic heterocycles. The van der Waals surface area contributed by atoms with Crippen molar-refractivity contribution in [2.75, 3.05) is 7.05 Å². The molecule has 152 valence electrons. The van der Waals surface area contributed by atoms with Crippen LogP contribution in [0.4, 0.5) is 0 Å². The van der Waals surface area contributed by atoms with E-state index in [0.717, 1.165) is 0 Å². The summed E-state index contributed by atoms with van der Waals surface area (Å²) >= 11 is 1.97. The molecule has 0 amide bonds. The van der Waals surface area contributed by atoms with Crippen molar-refractivity contribution in [1.29, 1.82) is 0 Å². The van der Waals surface area contributed by atoms with Gasteiger partial charge in [-0.25, -0.2) is 4.58 Å². The van der Waals surface area contributed by atoms with Crippen molar-refractivity contribution < 1.29 is 4.58 Å². The molecule has 7 rings (SSSR count). The van der Waals surface area contributed by atoms with E-state index in [1.165, 1.54) is 60.0 Å². The number of nitrogens with zero attached hydrogens (tertiary/aromatic N) is 3. The lowest BCUT2D eigenvalue weighted by Gasteiger charge is -2.30. The number of aryl methyl sites for hydroxylation is 1. The molecular weight excluding hydrogens is 398 g/mol. The van der Waals surface area contributed by atoms with Crippen LogP contribution in [0.15, 0.2) is 58.4 Å². The lowest BCUT2D eigenvalue weighted by atomic mass is 9.82. The summed E-state index contributed by atoms with van der Waals surface area (Å²) in [5.74, 6) is 0.774. The highest BCUT2D eigenvalue weighted by molar-refractivity contribution is 8.04. The van der Waals surface area contributed by atoms with E-state index in [2.05, 4.69) is 85.5 Å². The fourth-order valence-electron chi connectivity index (χ4n) is 6.04. The van der Waals surface area contributed by atoms with Crippen LogP contribution in [0.5, 0.6) is 0 Å². The first-order valence-electron chi connectivity index (χ1n) is 11.1. The van der Waals surface area contributed by atoms with Crippen LogP contribution in [0.3, 0.4) is 0 Å². The van der Waals surface area contributed by atoms with Gasteiger partial charge in [0, 0.05) is 26.9 Å². The van der Waals surface area contributed by atoms with Gasteiger partial charge < -0.3 is 4.57 Å². The zero-order chi connectivity index (χ0) is 21.0. The summed E-state index contributed by atoms with van der Waals surface area (Å²) in [7, 11) is 2.17. The van der Waals surface area contributed by atoms with Crippen molar-refractivity contribution in [3.05, 3.63) is 64.6 Å². The van der Waals surface area contributed by atoms with Crippen molar-refractivity contribution in [1.82, 2.24) is 4.57 Å². The third-order valence-corrected chi connectivity index (χ3v) is 8.82. The number of hydrogen-bond acceptors (Lipinski definition) is 2. The van der Waals surface area contributed by atoms with Gasteiger partial charge in [-0.2, -0.15) is 0 Å². The molecule has 3 aliphatic rings. The van der Waals surface area contributed by atoms with E-state index < -0.39 is 0 Å². The van der Waals surface area contributed by atoms with E-state index in [1.54, 1.807) is 0 Å². The third-order valence-electron chi connectivity index (χ3n) is 7.25. The molecule has 0 saturated carbocycles. The monoisotopic (exact) mass is 422 g/mol. The fraction of sp³-hybridized carbons (Fsp3) is 0.259. The van der Waals surface area contributed by atoms with E-state index >= 15 is 0 Å². The van der Waals surface area contributed by atoms with Crippen LogP contribution in [0.25, 0.3) is 38.3 Å². The van der Waals surface area contributed by atoms with Crippen LogP contribution in [-0.4, -0.2) is 33.6 Å². The van der Waals surface area contributed by atoms with Gasteiger partial charge in [0.2, 0.25) is 5.37 Å². The number of benzene rings is 3. The summed E-state index contributed by atoms with van der Waals surface area (Å²) in [6.07, 6.45) is 2.04. The molecule has 3 nitrogen and oxygen atoms in total. The second kappa shape index (κ2) is 5.89. The second-order valence-corrected chi connectivity index (χ2v) is 10.4. The summed E-state index contributed by atoms with van der Waals surface area (Å²) < 4.78 is 4.88. The number of para-hydroxylation sites is 1. The van der Waals surface area contributed by atoms with Crippen LogP contribution in [0, 0.1) is 18.8 Å². The lowest BCUT2D eigenvalue weighted by Crippen LogP contribution is -2.39. The third kappa shape index (κ3) is 2.02. The average molecular weight is 423 g/mol. The van der Waals surface area contributed by atoms with E-state index in [9.17, 15) is 0 Å². The molecule has 0 radical (unpaired) electrons. The highest BCUT2D eigenvalue weighted by atomic mass is 32.2. The molecule has 31 heavy (non-hydrogen) atoms. The minimum absolute atomic E-state index is 0.230. The van der Waals surface area contributed by atoms with E-state index in [4.69, 9.17) is 4.99 Å². The zero-order valence-electron chi connectivity index (χ0n) is 18.2. The molecule has 0 spiro atoms. The lowest BCUT2D eigenvalue weighted by molar-refractivity contribution is -0.364. The van der Waals surface area contributed by atoms with Crippen LogP contribution in [0.1, 0.15) is 25.0 Å². The molecule has 3 aromatic carbocycles. The molecule has 4 aromatic rings. The van der Waals surface area contributed by atoms with E-state index in [0.29, 0.717) is 11.8 Å². The summed E-state index contributed by atoms with van der Waals surface area (Å²) in [5, 5.41) is 5.68. The molecule has 0 saturated heterocycles. The molecule has 0 aliphatic carbocycles. The van der Waals surface area contributed by atoms with Crippen molar-refractivity contribution in [3.63, 3.8) is 0 Å². The summed E-state index contributed by atoms with van der Waals surface area (Å²) in [6, 6.07) is 17.9. The molecular formula is C27H24N3S+. The van der Waals surface area contributed by atoms with E-state index in [-0.39, 0.29) is 5.37 Å². The van der Waals surface area contributed by atoms with Gasteiger partial charge in [-0.05, 0) is 35.2 Å². The smallest absolute Gasteiger partial charge is 0.281 e. The predicted molar refractivity (Wildman–Crippen MR) is 133 cm³/mol. The van der Waals surface area contributed by atoms with Crippen molar-refractivity contribution >= 4 is 62.1 Å². The van der Waals surface area contributed by atoms with Crippen molar-refractivity contribution in [2.45, 2.75) is 26.1 Å². The zero-order valence-corrected chi connectivity index (χ0v) is 19.0. The summed E-state index contributed by atoms with van der Waals surface area (Å²) in [4.78, 5) is 6.45. The Kier molecular flexibility index (Phi) is 3.38. The maximum Gasteiger partial charge on any atom is 0.281 e. The van der Waals surface area contributed by atoms with Gasteiger partial charge in [-0.15, -0.1) is 0 Å². The Hall–Kier alpha value is -2.85. The maximum atomic E-state index is 4.97. The van der Waals surface area contributed by atoms with Crippen LogP contribution < -0.4 is 0 Å². The van der Waals surface area contributed by atoms with Gasteiger partial charge in [0.05, 0.1) is 18.1 Å². The second-order valence-electron chi connectivity index (χ2n) is 9.27. The van der Waals surface area contributed by atoms with Crippen LogP contribution in [0.2, 0.25) is 0 Å². The quantitative estimate of drug-likeness (QED) is 0.332.